The summed E-state index contributed by atoms with van der Waals surface area (Å²) in [6.45, 7) is 1.37. The van der Waals surface area contributed by atoms with Crippen LogP contribution in [0.5, 0.6) is 0 Å². The second-order valence-corrected chi connectivity index (χ2v) is 6.45. The average Bonchev–Trinajstić information content (AvgIpc) is 3.25. The van der Waals surface area contributed by atoms with Gasteiger partial charge in [0.2, 0.25) is 5.91 Å². The predicted molar refractivity (Wildman–Crippen MR) is 92.2 cm³/mol. The fraction of sp³-hybridized carbons (Fsp3) is 0.235. The molecule has 1 amide bonds. The van der Waals surface area contributed by atoms with Crippen molar-refractivity contribution in [1.29, 1.82) is 0 Å². The van der Waals surface area contributed by atoms with Crippen molar-refractivity contribution in [3.8, 4) is 11.4 Å². The molecule has 3 aromatic heterocycles. The topological polar surface area (TPSA) is 71.3 Å². The molecule has 0 aliphatic carbocycles. The highest BCUT2D eigenvalue weighted by molar-refractivity contribution is 7.09. The van der Waals surface area contributed by atoms with E-state index in [0.717, 1.165) is 10.6 Å². The largest absolute Gasteiger partial charge is 0.359 e. The SMILES string of the molecule is CN(CC(=O)NCc1cccs1)Cc1cc(-c2ccccn2)no1. The highest BCUT2D eigenvalue weighted by Gasteiger charge is 2.12. The highest BCUT2D eigenvalue weighted by Crippen LogP contribution is 2.16. The van der Waals surface area contributed by atoms with E-state index in [1.54, 1.807) is 17.5 Å². The molecule has 3 rings (SSSR count). The zero-order chi connectivity index (χ0) is 16.8. The van der Waals surface area contributed by atoms with E-state index in [-0.39, 0.29) is 5.91 Å². The second-order valence-electron chi connectivity index (χ2n) is 5.42. The van der Waals surface area contributed by atoms with Crippen LogP contribution < -0.4 is 5.32 Å². The normalized spacial score (nSPS) is 10.9. The van der Waals surface area contributed by atoms with E-state index >= 15 is 0 Å². The summed E-state index contributed by atoms with van der Waals surface area (Å²) in [5, 5.41) is 8.93. The number of amides is 1. The first-order valence-electron chi connectivity index (χ1n) is 7.55. The third kappa shape index (κ3) is 4.50. The van der Waals surface area contributed by atoms with E-state index in [1.165, 1.54) is 0 Å². The molecule has 0 saturated carbocycles. The zero-order valence-electron chi connectivity index (χ0n) is 13.3. The Balaban J connectivity index is 1.49. The summed E-state index contributed by atoms with van der Waals surface area (Å²) in [7, 11) is 1.87. The van der Waals surface area contributed by atoms with Gasteiger partial charge in [-0.2, -0.15) is 0 Å². The molecular weight excluding hydrogens is 324 g/mol. The Bertz CT molecular complexity index is 771. The summed E-state index contributed by atoms with van der Waals surface area (Å²) >= 11 is 1.63. The quantitative estimate of drug-likeness (QED) is 0.714. The number of nitrogens with one attached hydrogen (secondary N) is 1. The number of hydrogen-bond donors (Lipinski definition) is 1. The van der Waals surface area contributed by atoms with Gasteiger partial charge in [-0.15, -0.1) is 11.3 Å². The number of carbonyl (C=O) groups is 1. The van der Waals surface area contributed by atoms with Crippen molar-refractivity contribution < 1.29 is 9.32 Å². The van der Waals surface area contributed by atoms with Crippen LogP contribution in [0, 0.1) is 0 Å². The number of aromatic nitrogens is 2. The van der Waals surface area contributed by atoms with Gasteiger partial charge in [0.15, 0.2) is 5.76 Å². The van der Waals surface area contributed by atoms with Crippen molar-refractivity contribution in [3.63, 3.8) is 0 Å². The Kier molecular flexibility index (Phi) is 5.35. The maximum absolute atomic E-state index is 12.0. The summed E-state index contributed by atoms with van der Waals surface area (Å²) in [5.41, 5.74) is 1.46. The minimum Gasteiger partial charge on any atom is -0.359 e. The molecule has 0 radical (unpaired) electrons. The van der Waals surface area contributed by atoms with Crippen molar-refractivity contribution in [2.24, 2.45) is 0 Å². The monoisotopic (exact) mass is 342 g/mol. The molecule has 0 spiro atoms. The fourth-order valence-electron chi connectivity index (χ4n) is 2.24. The molecule has 24 heavy (non-hydrogen) atoms. The lowest BCUT2D eigenvalue weighted by Gasteiger charge is -2.14. The summed E-state index contributed by atoms with van der Waals surface area (Å²) < 4.78 is 5.33. The van der Waals surface area contributed by atoms with Crippen molar-refractivity contribution in [3.05, 3.63) is 58.6 Å². The minimum atomic E-state index is -0.0182. The molecule has 0 unspecified atom stereocenters. The number of pyridine rings is 1. The van der Waals surface area contributed by atoms with E-state index in [4.69, 9.17) is 4.52 Å². The highest BCUT2D eigenvalue weighted by atomic mass is 32.1. The van der Waals surface area contributed by atoms with E-state index in [9.17, 15) is 4.79 Å². The third-order valence-electron chi connectivity index (χ3n) is 3.37. The Labute approximate surface area is 144 Å². The van der Waals surface area contributed by atoms with Crippen LogP contribution in [0.1, 0.15) is 10.6 Å². The molecular formula is C17H18N4O2S. The molecule has 1 N–H and O–H groups in total. The van der Waals surface area contributed by atoms with Crippen LogP contribution in [-0.2, 0) is 17.9 Å². The first kappa shape index (κ1) is 16.4. The molecule has 6 nitrogen and oxygen atoms in total. The van der Waals surface area contributed by atoms with Crippen LogP contribution in [0.3, 0.4) is 0 Å². The molecule has 0 saturated heterocycles. The van der Waals surface area contributed by atoms with E-state index in [1.807, 2.05) is 53.7 Å². The van der Waals surface area contributed by atoms with Crippen LogP contribution in [0.2, 0.25) is 0 Å². The van der Waals surface area contributed by atoms with Crippen molar-refractivity contribution in [1.82, 2.24) is 20.4 Å². The number of likely N-dealkylation sites (N-methyl/N-ethyl adjacent to an activating group) is 1. The van der Waals surface area contributed by atoms with Gasteiger partial charge in [0, 0.05) is 17.1 Å². The van der Waals surface area contributed by atoms with Gasteiger partial charge in [-0.25, -0.2) is 0 Å². The van der Waals surface area contributed by atoms with Gasteiger partial charge in [-0.1, -0.05) is 17.3 Å². The van der Waals surface area contributed by atoms with Gasteiger partial charge >= 0.3 is 0 Å². The lowest BCUT2D eigenvalue weighted by molar-refractivity contribution is -0.122. The van der Waals surface area contributed by atoms with Crippen LogP contribution >= 0.6 is 11.3 Å². The first-order valence-corrected chi connectivity index (χ1v) is 8.43. The average molecular weight is 342 g/mol. The molecule has 0 aliphatic rings. The summed E-state index contributed by atoms with van der Waals surface area (Å²) in [4.78, 5) is 19.2. The molecule has 0 aromatic carbocycles. The number of hydrogen-bond acceptors (Lipinski definition) is 6. The molecule has 0 fully saturated rings. The van der Waals surface area contributed by atoms with E-state index in [2.05, 4.69) is 15.5 Å². The molecule has 0 bridgehead atoms. The van der Waals surface area contributed by atoms with Crippen molar-refractivity contribution in [2.75, 3.05) is 13.6 Å². The molecule has 3 aromatic rings. The lowest BCUT2D eigenvalue weighted by atomic mass is 10.2. The standard InChI is InChI=1S/C17H18N4O2S/c1-21(12-17(22)19-10-14-5-4-8-24-14)11-13-9-16(20-23-13)15-6-2-3-7-18-15/h2-9H,10-12H2,1H3,(H,19,22). The van der Waals surface area contributed by atoms with Gasteiger partial charge in [-0.3, -0.25) is 14.7 Å². The van der Waals surface area contributed by atoms with Gasteiger partial charge in [0.1, 0.15) is 5.69 Å². The summed E-state index contributed by atoms with van der Waals surface area (Å²) in [6, 6.07) is 11.5. The Hall–Kier alpha value is -2.51. The van der Waals surface area contributed by atoms with E-state index in [0.29, 0.717) is 31.1 Å². The second kappa shape index (κ2) is 7.85. The van der Waals surface area contributed by atoms with Crippen molar-refractivity contribution >= 4 is 17.2 Å². The molecule has 0 atom stereocenters. The van der Waals surface area contributed by atoms with Crippen molar-refractivity contribution in [2.45, 2.75) is 13.1 Å². The van der Waals surface area contributed by atoms with Crippen LogP contribution in [0.4, 0.5) is 0 Å². The third-order valence-corrected chi connectivity index (χ3v) is 4.24. The van der Waals surface area contributed by atoms with Gasteiger partial charge in [0.25, 0.3) is 0 Å². The summed E-state index contributed by atoms with van der Waals surface area (Å²) in [6.07, 6.45) is 1.72. The lowest BCUT2D eigenvalue weighted by Crippen LogP contribution is -2.34. The number of nitrogens with zero attached hydrogens (tertiary/aromatic N) is 3. The molecule has 7 heteroatoms. The Morgan fingerprint density at radius 2 is 2.21 bits per heavy atom. The van der Waals surface area contributed by atoms with Crippen LogP contribution in [0.15, 0.2) is 52.5 Å². The molecule has 3 heterocycles. The molecule has 124 valence electrons. The van der Waals surface area contributed by atoms with E-state index < -0.39 is 0 Å². The summed E-state index contributed by atoms with van der Waals surface area (Å²) in [5.74, 6) is 0.680. The van der Waals surface area contributed by atoms with Gasteiger partial charge in [-0.05, 0) is 30.6 Å². The zero-order valence-corrected chi connectivity index (χ0v) is 14.1. The Morgan fingerprint density at radius 1 is 1.29 bits per heavy atom. The van der Waals surface area contributed by atoms with Crippen LogP contribution in [0.25, 0.3) is 11.4 Å². The fourth-order valence-corrected chi connectivity index (χ4v) is 2.89. The number of rotatable bonds is 7. The maximum Gasteiger partial charge on any atom is 0.234 e. The minimum absolute atomic E-state index is 0.0182. The van der Waals surface area contributed by atoms with Gasteiger partial charge < -0.3 is 9.84 Å². The predicted octanol–water partition coefficient (Wildman–Crippen LogP) is 2.55. The molecule has 0 aliphatic heterocycles. The Morgan fingerprint density at radius 3 is 2.96 bits per heavy atom. The van der Waals surface area contributed by atoms with Crippen LogP contribution in [-0.4, -0.2) is 34.5 Å². The number of thiophene rings is 1. The first-order chi connectivity index (χ1) is 11.7. The van der Waals surface area contributed by atoms with Gasteiger partial charge in [0.05, 0.1) is 25.3 Å². The number of carbonyl (C=O) groups excluding carboxylic acids is 1. The smallest absolute Gasteiger partial charge is 0.234 e. The maximum atomic E-state index is 12.0.